The van der Waals surface area contributed by atoms with Crippen molar-refractivity contribution in [2.45, 2.75) is 46.9 Å². The van der Waals surface area contributed by atoms with Crippen molar-refractivity contribution in [1.29, 1.82) is 0 Å². The minimum absolute atomic E-state index is 0.443. The van der Waals surface area contributed by atoms with Crippen LogP contribution in [0.3, 0.4) is 0 Å². The van der Waals surface area contributed by atoms with Crippen molar-refractivity contribution in [2.75, 3.05) is 13.2 Å². The van der Waals surface area contributed by atoms with Crippen molar-refractivity contribution in [3.05, 3.63) is 12.1 Å². The van der Waals surface area contributed by atoms with E-state index in [0.717, 1.165) is 0 Å². The molecule has 0 aromatic heterocycles. The second kappa shape index (κ2) is 9.91. The summed E-state index contributed by atoms with van der Waals surface area (Å²) in [5, 5.41) is 47.6. The fourth-order valence-electron chi connectivity index (χ4n) is 2.67. The molecule has 32 heavy (non-hydrogen) atoms. The average molecular weight is 504 g/mol. The number of hydrogen-bond donors (Lipinski definition) is 7. The Kier molecular flexibility index (Phi) is 8.15. The van der Waals surface area contributed by atoms with Crippen LogP contribution in [-0.4, -0.2) is 101 Å². The predicted octanol–water partition coefficient (Wildman–Crippen LogP) is -3.35. The number of carbonyl (C=O) groups is 1. The van der Waals surface area contributed by atoms with Gasteiger partial charge in [-0.15, -0.1) is 0 Å². The van der Waals surface area contributed by atoms with Gasteiger partial charge in [0.05, 0.1) is 19.6 Å². The standard InChI is InChI=1S/C15H20O15S2/c16-2-1-10(18)28-6-3-8(31(22,23)24)14(9(4-6)32(25,26)27)30-15-13(21)12(20)11(19)7(5-17)29-15/h3-4,7,11-13,15-17,19-21H,1-2,5H2,(H,22,23,24)(H,25,26,27). The van der Waals surface area contributed by atoms with E-state index in [4.69, 9.17) is 14.6 Å². The van der Waals surface area contributed by atoms with Gasteiger partial charge in [-0.05, 0) is 0 Å². The lowest BCUT2D eigenvalue weighted by Crippen LogP contribution is -2.60. The van der Waals surface area contributed by atoms with E-state index in [1.807, 2.05) is 0 Å². The molecule has 1 aliphatic heterocycles. The predicted molar refractivity (Wildman–Crippen MR) is 97.8 cm³/mol. The van der Waals surface area contributed by atoms with Crippen LogP contribution < -0.4 is 9.47 Å². The number of rotatable bonds is 8. The lowest BCUT2D eigenvalue weighted by Gasteiger charge is -2.39. The maximum absolute atomic E-state index is 11.8. The molecule has 2 rings (SSSR count). The SMILES string of the molecule is O=C(CCO)Oc1cc(S(=O)(=O)O)c(OC2OC(CO)C(O)C(O)C2O)c(S(=O)(=O)O)c1. The fourth-order valence-corrected chi connectivity index (χ4v) is 4.05. The Bertz CT molecular complexity index is 996. The highest BCUT2D eigenvalue weighted by atomic mass is 32.2. The molecule has 17 heteroatoms. The molecule has 5 atom stereocenters. The maximum atomic E-state index is 11.8. The van der Waals surface area contributed by atoms with Crippen molar-refractivity contribution < 1.29 is 70.5 Å². The van der Waals surface area contributed by atoms with E-state index in [1.165, 1.54) is 0 Å². The second-order valence-corrected chi connectivity index (χ2v) is 9.24. The number of aliphatic hydroxyl groups is 5. The first-order valence-electron chi connectivity index (χ1n) is 8.62. The van der Waals surface area contributed by atoms with Gasteiger partial charge in [0.15, 0.2) is 5.75 Å². The monoisotopic (exact) mass is 504 g/mol. The minimum Gasteiger partial charge on any atom is -0.459 e. The third kappa shape index (κ3) is 5.90. The van der Waals surface area contributed by atoms with Crippen LogP contribution in [0.4, 0.5) is 0 Å². The highest BCUT2D eigenvalue weighted by Crippen LogP contribution is 2.38. The molecule has 1 aromatic rings. The fraction of sp³-hybridized carbons (Fsp3) is 0.533. The van der Waals surface area contributed by atoms with Crippen LogP contribution in [0.25, 0.3) is 0 Å². The molecule has 7 N–H and O–H groups in total. The van der Waals surface area contributed by atoms with Crippen molar-refractivity contribution in [2.24, 2.45) is 0 Å². The van der Waals surface area contributed by atoms with Crippen molar-refractivity contribution in [1.82, 2.24) is 0 Å². The van der Waals surface area contributed by atoms with Gasteiger partial charge in [-0.3, -0.25) is 13.9 Å². The molecule has 0 amide bonds. The minimum atomic E-state index is -5.34. The van der Waals surface area contributed by atoms with Crippen LogP contribution in [0.5, 0.6) is 11.5 Å². The summed E-state index contributed by atoms with van der Waals surface area (Å²) in [6.07, 6.45) is -10.1. The molecule has 0 saturated carbocycles. The smallest absolute Gasteiger partial charge is 0.313 e. The maximum Gasteiger partial charge on any atom is 0.313 e. The summed E-state index contributed by atoms with van der Waals surface area (Å²) in [4.78, 5) is 8.85. The van der Waals surface area contributed by atoms with Crippen LogP contribution in [0.1, 0.15) is 6.42 Å². The molecule has 0 aliphatic carbocycles. The Morgan fingerprint density at radius 1 is 0.938 bits per heavy atom. The van der Waals surface area contributed by atoms with Crippen LogP contribution >= 0.6 is 0 Å². The Morgan fingerprint density at radius 3 is 1.91 bits per heavy atom. The molecule has 1 saturated heterocycles. The Labute approximate surface area is 180 Å². The summed E-state index contributed by atoms with van der Waals surface area (Å²) in [6, 6.07) is 0.886. The summed E-state index contributed by atoms with van der Waals surface area (Å²) >= 11 is 0. The van der Waals surface area contributed by atoms with Gasteiger partial charge < -0.3 is 39.7 Å². The third-order valence-electron chi connectivity index (χ3n) is 4.18. The first-order valence-corrected chi connectivity index (χ1v) is 11.5. The van der Waals surface area contributed by atoms with E-state index < -0.39 is 97.8 Å². The van der Waals surface area contributed by atoms with Gasteiger partial charge in [-0.1, -0.05) is 0 Å². The van der Waals surface area contributed by atoms with Crippen LogP contribution in [0, 0.1) is 0 Å². The Morgan fingerprint density at radius 2 is 1.47 bits per heavy atom. The molecular weight excluding hydrogens is 484 g/mol. The average Bonchev–Trinajstić information content (AvgIpc) is 2.67. The summed E-state index contributed by atoms with van der Waals surface area (Å²) in [6.45, 7) is -1.56. The van der Waals surface area contributed by atoms with Gasteiger partial charge in [0, 0.05) is 12.1 Å². The van der Waals surface area contributed by atoms with E-state index in [9.17, 15) is 51.2 Å². The van der Waals surface area contributed by atoms with Gasteiger partial charge in [-0.25, -0.2) is 0 Å². The largest absolute Gasteiger partial charge is 0.459 e. The van der Waals surface area contributed by atoms with Gasteiger partial charge >= 0.3 is 5.97 Å². The Hall–Kier alpha value is -1.93. The number of aliphatic hydroxyl groups excluding tert-OH is 5. The lowest BCUT2D eigenvalue weighted by molar-refractivity contribution is -0.278. The quantitative estimate of drug-likeness (QED) is 0.104. The van der Waals surface area contributed by atoms with Gasteiger partial charge in [0.2, 0.25) is 6.29 Å². The summed E-state index contributed by atoms with van der Waals surface area (Å²) in [5.41, 5.74) is 0. The molecule has 1 aliphatic rings. The van der Waals surface area contributed by atoms with E-state index in [0.29, 0.717) is 12.1 Å². The number of hydrogen-bond acceptors (Lipinski definition) is 13. The molecule has 0 spiro atoms. The third-order valence-corrected chi connectivity index (χ3v) is 5.90. The molecule has 1 aromatic carbocycles. The zero-order valence-electron chi connectivity index (χ0n) is 15.9. The van der Waals surface area contributed by atoms with Gasteiger partial charge in [-0.2, -0.15) is 16.8 Å². The molecule has 1 heterocycles. The summed E-state index contributed by atoms with van der Waals surface area (Å²) in [5.74, 6) is -3.20. The molecule has 15 nitrogen and oxygen atoms in total. The van der Waals surface area contributed by atoms with Crippen LogP contribution in [0.2, 0.25) is 0 Å². The number of esters is 1. The van der Waals surface area contributed by atoms with E-state index in [1.54, 1.807) is 0 Å². The topological polar surface area (TPSA) is 255 Å². The van der Waals surface area contributed by atoms with E-state index >= 15 is 0 Å². The van der Waals surface area contributed by atoms with Gasteiger partial charge in [0.25, 0.3) is 20.2 Å². The van der Waals surface area contributed by atoms with Crippen molar-refractivity contribution in [3.63, 3.8) is 0 Å². The number of carbonyl (C=O) groups excluding carboxylic acids is 1. The summed E-state index contributed by atoms with van der Waals surface area (Å²) in [7, 11) is -10.7. The van der Waals surface area contributed by atoms with Gasteiger partial charge in [0.1, 0.15) is 40.0 Å². The molecular formula is C15H20O15S2. The summed E-state index contributed by atoms with van der Waals surface area (Å²) < 4.78 is 81.1. The normalized spacial score (nSPS) is 26.5. The van der Waals surface area contributed by atoms with Crippen molar-refractivity contribution in [3.8, 4) is 11.5 Å². The first kappa shape index (κ1) is 26.3. The first-order chi connectivity index (χ1) is 14.7. The van der Waals surface area contributed by atoms with Crippen molar-refractivity contribution >= 4 is 26.2 Å². The Balaban J connectivity index is 2.63. The molecule has 5 unspecified atom stereocenters. The number of ether oxygens (including phenoxy) is 3. The second-order valence-electron chi connectivity index (χ2n) is 6.46. The zero-order chi connectivity index (χ0) is 24.4. The zero-order valence-corrected chi connectivity index (χ0v) is 17.5. The molecule has 182 valence electrons. The lowest BCUT2D eigenvalue weighted by atomic mass is 9.99. The number of benzene rings is 1. The highest BCUT2D eigenvalue weighted by molar-refractivity contribution is 7.86. The van der Waals surface area contributed by atoms with E-state index in [2.05, 4.69) is 4.74 Å². The van der Waals surface area contributed by atoms with Crippen LogP contribution in [-0.2, 0) is 29.8 Å². The molecule has 1 fully saturated rings. The van der Waals surface area contributed by atoms with E-state index in [-0.39, 0.29) is 0 Å². The molecule has 0 bridgehead atoms. The highest BCUT2D eigenvalue weighted by Gasteiger charge is 2.46. The molecule has 0 radical (unpaired) electrons. The van der Waals surface area contributed by atoms with Crippen LogP contribution in [0.15, 0.2) is 21.9 Å².